The van der Waals surface area contributed by atoms with Crippen LogP contribution in [0.2, 0.25) is 0 Å². The van der Waals surface area contributed by atoms with E-state index in [1.54, 1.807) is 30.5 Å². The van der Waals surface area contributed by atoms with E-state index in [4.69, 9.17) is 14.5 Å². The molecule has 1 fully saturated rings. The molecule has 1 amide bonds. The van der Waals surface area contributed by atoms with E-state index in [0.717, 1.165) is 35.7 Å². The van der Waals surface area contributed by atoms with Crippen LogP contribution in [0.25, 0.3) is 10.9 Å². The fourth-order valence-corrected chi connectivity index (χ4v) is 5.78. The average molecular weight is 662 g/mol. The number of benzene rings is 3. The maximum atomic E-state index is 13.7. The zero-order chi connectivity index (χ0) is 31.1. The molecule has 1 aliphatic rings. The van der Waals surface area contributed by atoms with Gasteiger partial charge in [-0.2, -0.15) is 9.78 Å². The first-order valence-electron chi connectivity index (χ1n) is 14.7. The lowest BCUT2D eigenvalue weighted by molar-refractivity contribution is -0.118. The average Bonchev–Trinajstić information content (AvgIpc) is 3.01. The Balaban J connectivity index is 1.48. The highest BCUT2D eigenvalue weighted by Gasteiger charge is 2.23. The number of aromatic nitrogens is 2. The molecule has 5 rings (SSSR count). The number of carbonyl (C=O) groups is 1. The van der Waals surface area contributed by atoms with Gasteiger partial charge in [0.25, 0.3) is 11.5 Å². The second-order valence-electron chi connectivity index (χ2n) is 10.6. The number of hydrogen-bond donors (Lipinski definition) is 1. The summed E-state index contributed by atoms with van der Waals surface area (Å²) in [5, 5.41) is 7.79. The van der Waals surface area contributed by atoms with Gasteiger partial charge in [-0.15, -0.1) is 6.58 Å². The molecular weight excluding hydrogens is 627 g/mol. The lowest BCUT2D eigenvalue weighted by Crippen LogP contribution is -2.25. The van der Waals surface area contributed by atoms with E-state index in [1.165, 1.54) is 29.3 Å². The zero-order valence-corrected chi connectivity index (χ0v) is 26.1. The number of halogens is 2. The van der Waals surface area contributed by atoms with E-state index < -0.39 is 11.7 Å². The summed E-state index contributed by atoms with van der Waals surface area (Å²) in [5.41, 5.74) is 2.16. The van der Waals surface area contributed by atoms with Crippen molar-refractivity contribution in [2.45, 2.75) is 51.4 Å². The van der Waals surface area contributed by atoms with Gasteiger partial charge in [0.15, 0.2) is 18.1 Å². The van der Waals surface area contributed by atoms with Crippen molar-refractivity contribution in [2.75, 3.05) is 18.5 Å². The fourth-order valence-electron chi connectivity index (χ4n) is 5.42. The summed E-state index contributed by atoms with van der Waals surface area (Å²) in [5.74, 6) is 0.738. The number of rotatable bonds is 11. The van der Waals surface area contributed by atoms with Crippen molar-refractivity contribution in [3.8, 4) is 11.5 Å². The maximum Gasteiger partial charge on any atom is 0.282 e. The highest BCUT2D eigenvalue weighted by Crippen LogP contribution is 2.34. The molecule has 0 spiro atoms. The van der Waals surface area contributed by atoms with Crippen molar-refractivity contribution in [1.29, 1.82) is 0 Å². The normalized spacial score (nSPS) is 13.7. The van der Waals surface area contributed by atoms with E-state index in [9.17, 15) is 14.0 Å². The third kappa shape index (κ3) is 7.42. The smallest absolute Gasteiger partial charge is 0.282 e. The molecule has 10 heteroatoms. The molecule has 1 aliphatic carbocycles. The number of nitrogens with one attached hydrogen (secondary N) is 1. The Hall–Kier alpha value is -4.31. The number of hydrogen-bond acceptors (Lipinski definition) is 6. The molecule has 0 bridgehead atoms. The quantitative estimate of drug-likeness (QED) is 0.134. The Kier molecular flexibility index (Phi) is 10.2. The van der Waals surface area contributed by atoms with Crippen molar-refractivity contribution >= 4 is 44.6 Å². The monoisotopic (exact) mass is 660 g/mol. The third-order valence-corrected chi connectivity index (χ3v) is 7.89. The Morgan fingerprint density at radius 2 is 1.98 bits per heavy atom. The summed E-state index contributed by atoms with van der Waals surface area (Å²) in [7, 11) is 0. The number of ether oxygens (including phenoxy) is 2. The van der Waals surface area contributed by atoms with Crippen LogP contribution in [-0.2, 0) is 11.2 Å². The number of carbonyl (C=O) groups excluding carboxylic acids is 1. The van der Waals surface area contributed by atoms with Crippen LogP contribution in [0.4, 0.5) is 10.1 Å². The van der Waals surface area contributed by atoms with Crippen LogP contribution in [0.5, 0.6) is 11.5 Å². The number of nitrogens with zero attached hydrogens (tertiary/aromatic N) is 3. The Morgan fingerprint density at radius 3 is 2.73 bits per heavy atom. The summed E-state index contributed by atoms with van der Waals surface area (Å²) in [6.07, 6.45) is 9.05. The van der Waals surface area contributed by atoms with Gasteiger partial charge in [-0.1, -0.05) is 47.3 Å². The molecule has 3 aromatic carbocycles. The van der Waals surface area contributed by atoms with Crippen LogP contribution >= 0.6 is 15.9 Å². The van der Waals surface area contributed by atoms with E-state index in [-0.39, 0.29) is 18.1 Å². The lowest BCUT2D eigenvalue weighted by atomic mass is 9.88. The van der Waals surface area contributed by atoms with Gasteiger partial charge in [0.2, 0.25) is 0 Å². The van der Waals surface area contributed by atoms with Gasteiger partial charge >= 0.3 is 0 Å². The van der Waals surface area contributed by atoms with Gasteiger partial charge in [0.05, 0.1) is 23.7 Å². The van der Waals surface area contributed by atoms with Gasteiger partial charge in [-0.3, -0.25) is 9.59 Å². The Labute approximate surface area is 263 Å². The number of amides is 1. The van der Waals surface area contributed by atoms with Crippen LogP contribution in [0.1, 0.15) is 61.9 Å². The summed E-state index contributed by atoms with van der Waals surface area (Å²) in [6.45, 7) is 5.76. The Bertz CT molecular complexity index is 1760. The minimum absolute atomic E-state index is 0.145. The second-order valence-corrected chi connectivity index (χ2v) is 11.5. The van der Waals surface area contributed by atoms with Crippen molar-refractivity contribution in [1.82, 2.24) is 9.66 Å². The van der Waals surface area contributed by atoms with Gasteiger partial charge in [-0.05, 0) is 80.3 Å². The van der Waals surface area contributed by atoms with Crippen molar-refractivity contribution in [3.63, 3.8) is 0 Å². The summed E-state index contributed by atoms with van der Waals surface area (Å²) >= 11 is 3.47. The van der Waals surface area contributed by atoms with E-state index in [0.29, 0.717) is 52.5 Å². The second kappa shape index (κ2) is 14.4. The first-order valence-corrected chi connectivity index (χ1v) is 15.5. The summed E-state index contributed by atoms with van der Waals surface area (Å²) in [6, 6.07) is 14.8. The van der Waals surface area contributed by atoms with Crippen molar-refractivity contribution in [2.24, 2.45) is 5.10 Å². The first-order chi connectivity index (χ1) is 21.4. The standard InChI is InChI=1S/C34H34BrFN4O4/c1-3-9-24-16-22(17-30(43-4-2)32(24)44-21-31(41)38-27-13-8-12-26(36)19-27)20-37-40-33(23-10-6-5-7-11-23)39-29-15-14-25(35)18-28(29)34(40)42/h3,8,12-20,23H,1,4-7,9-11,21H2,2H3,(H,38,41). The molecule has 0 saturated heterocycles. The SMILES string of the molecule is C=CCc1cc(C=Nn2c(C3CCCCC3)nc3ccc(Br)cc3c2=O)cc(OCC)c1OCC(=O)Nc1cccc(F)c1. The molecule has 1 aromatic heterocycles. The van der Waals surface area contributed by atoms with Crippen LogP contribution in [0.3, 0.4) is 0 Å². The minimum atomic E-state index is -0.451. The molecule has 1 saturated carbocycles. The molecule has 1 heterocycles. The number of fused-ring (bicyclic) bond motifs is 1. The van der Waals surface area contributed by atoms with Crippen molar-refractivity contribution in [3.05, 3.63) is 105 Å². The Morgan fingerprint density at radius 1 is 1.16 bits per heavy atom. The van der Waals surface area contributed by atoms with Gasteiger partial charge in [0, 0.05) is 21.6 Å². The molecule has 0 aliphatic heterocycles. The summed E-state index contributed by atoms with van der Waals surface area (Å²) in [4.78, 5) is 31.2. The predicted octanol–water partition coefficient (Wildman–Crippen LogP) is 7.37. The highest BCUT2D eigenvalue weighted by atomic mass is 79.9. The molecule has 44 heavy (non-hydrogen) atoms. The molecule has 228 valence electrons. The van der Waals surface area contributed by atoms with Gasteiger partial charge < -0.3 is 14.8 Å². The molecule has 4 aromatic rings. The van der Waals surface area contributed by atoms with Crippen LogP contribution in [0, 0.1) is 5.82 Å². The highest BCUT2D eigenvalue weighted by molar-refractivity contribution is 9.10. The fraction of sp³-hybridized carbons (Fsp3) is 0.294. The molecular formula is C34H34BrFN4O4. The van der Waals surface area contributed by atoms with Crippen molar-refractivity contribution < 1.29 is 18.7 Å². The largest absolute Gasteiger partial charge is 0.490 e. The van der Waals surface area contributed by atoms with E-state index in [1.807, 2.05) is 25.1 Å². The maximum absolute atomic E-state index is 13.7. The first kappa shape index (κ1) is 31.1. The van der Waals surface area contributed by atoms with Gasteiger partial charge in [0.1, 0.15) is 11.6 Å². The topological polar surface area (TPSA) is 94.8 Å². The van der Waals surface area contributed by atoms with E-state index >= 15 is 0 Å². The number of anilines is 1. The third-order valence-electron chi connectivity index (χ3n) is 7.40. The molecule has 0 unspecified atom stereocenters. The molecule has 0 atom stereocenters. The number of allylic oxidation sites excluding steroid dienone is 1. The molecule has 1 N–H and O–H groups in total. The zero-order valence-electron chi connectivity index (χ0n) is 24.5. The van der Waals surface area contributed by atoms with Crippen LogP contribution in [0.15, 0.2) is 81.6 Å². The summed E-state index contributed by atoms with van der Waals surface area (Å²) < 4.78 is 27.6. The van der Waals surface area contributed by atoms with Gasteiger partial charge in [-0.25, -0.2) is 9.37 Å². The van der Waals surface area contributed by atoms with Crippen LogP contribution < -0.4 is 20.3 Å². The predicted molar refractivity (Wildman–Crippen MR) is 175 cm³/mol. The molecule has 0 radical (unpaired) electrons. The lowest BCUT2D eigenvalue weighted by Gasteiger charge is -2.22. The van der Waals surface area contributed by atoms with Crippen LogP contribution in [-0.4, -0.2) is 35.0 Å². The van der Waals surface area contributed by atoms with E-state index in [2.05, 4.69) is 32.9 Å². The molecule has 8 nitrogen and oxygen atoms in total. The minimum Gasteiger partial charge on any atom is -0.490 e.